The molecule has 0 aliphatic heterocycles. The van der Waals surface area contributed by atoms with Gasteiger partial charge in [-0.05, 0) is 31.6 Å². The number of alkyl carbamates (subject to hydrolysis) is 1. The minimum Gasteiger partial charge on any atom is -1.00 e. The van der Waals surface area contributed by atoms with E-state index in [1.54, 1.807) is 0 Å². The molecule has 1 saturated carbocycles. The predicted octanol–water partition coefficient (Wildman–Crippen LogP) is 0.0903. The van der Waals surface area contributed by atoms with Gasteiger partial charge >= 0.3 is 63.4 Å². The third-order valence-corrected chi connectivity index (χ3v) is 3.43. The second-order valence-corrected chi connectivity index (χ2v) is 7.14. The summed E-state index contributed by atoms with van der Waals surface area (Å²) in [7, 11) is 0. The molecule has 1 aliphatic carbocycles. The summed E-state index contributed by atoms with van der Waals surface area (Å²) >= 11 is 16.3. The Morgan fingerprint density at radius 3 is 2.25 bits per heavy atom. The zero-order valence-corrected chi connectivity index (χ0v) is 16.6. The van der Waals surface area contributed by atoms with E-state index in [0.29, 0.717) is 19.4 Å². The first-order chi connectivity index (χ1) is 8.78. The molecule has 0 saturated heterocycles. The monoisotopic (exact) mass is 371 g/mol. The van der Waals surface area contributed by atoms with Crippen LogP contribution in [0.1, 0.15) is 27.1 Å². The molecule has 0 aromatic carbocycles. The average molecular weight is 373 g/mol. The number of nitrogens with one attached hydrogen (secondary N) is 1. The van der Waals surface area contributed by atoms with Crippen molar-refractivity contribution >= 4 is 46.9 Å². The van der Waals surface area contributed by atoms with Gasteiger partial charge in [-0.3, -0.25) is 4.79 Å². The third kappa shape index (κ3) is 9.30. The van der Waals surface area contributed by atoms with Crippen molar-refractivity contribution in [1.82, 2.24) is 5.32 Å². The van der Waals surface area contributed by atoms with Crippen molar-refractivity contribution in [2.75, 3.05) is 13.2 Å². The number of amides is 1. The van der Waals surface area contributed by atoms with E-state index in [1.807, 2.05) is 0 Å². The zero-order valence-electron chi connectivity index (χ0n) is 12.2. The van der Waals surface area contributed by atoms with E-state index in [2.05, 4.69) is 5.32 Å². The predicted molar refractivity (Wildman–Crippen MR) is 73.8 cm³/mol. The quantitative estimate of drug-likeness (QED) is 0.542. The normalized spacial score (nSPS) is 22.6. The number of carbonyl (C=O) groups is 2. The molecule has 5 nitrogen and oxygen atoms in total. The minimum atomic E-state index is -1.61. The Hall–Kier alpha value is 1.25. The van der Waals surface area contributed by atoms with Crippen LogP contribution in [-0.4, -0.2) is 34.1 Å². The van der Waals surface area contributed by atoms with Crippen LogP contribution in [0.3, 0.4) is 0 Å². The largest absolute Gasteiger partial charge is 1.00 e. The van der Waals surface area contributed by atoms with E-state index < -0.39 is 15.9 Å². The molecule has 0 aromatic rings. The van der Waals surface area contributed by atoms with Crippen LogP contribution in [0.4, 0.5) is 4.79 Å². The Bertz CT molecular complexity index is 336. The number of ether oxygens (including phenoxy) is 1. The number of hydrogen-bond acceptors (Lipinski definition) is 3. The van der Waals surface area contributed by atoms with Crippen LogP contribution in [0.5, 0.6) is 0 Å². The molecule has 20 heavy (non-hydrogen) atoms. The molecule has 0 heterocycles. The van der Waals surface area contributed by atoms with Crippen LogP contribution in [0.2, 0.25) is 0 Å². The summed E-state index contributed by atoms with van der Waals surface area (Å²) in [5, 5.41) is 11.4. The number of carbonyl (C=O) groups excluding carboxylic acids is 1. The fourth-order valence-corrected chi connectivity index (χ4v) is 2.20. The number of halogens is 3. The number of rotatable bonds is 4. The summed E-state index contributed by atoms with van der Waals surface area (Å²) in [6.45, 7) is 0.139. The average Bonchev–Trinajstić information content (AvgIpc) is 2.33. The maximum atomic E-state index is 11.3. The fraction of sp³-hybridized carbons (Fsp3) is 0.818. The zero-order chi connectivity index (χ0) is 14.5. The van der Waals surface area contributed by atoms with Crippen LogP contribution >= 0.6 is 34.8 Å². The molecule has 0 atom stereocenters. The van der Waals surface area contributed by atoms with Crippen molar-refractivity contribution in [3.8, 4) is 0 Å². The van der Waals surface area contributed by atoms with Gasteiger partial charge in [-0.2, -0.15) is 0 Å². The van der Waals surface area contributed by atoms with E-state index >= 15 is 0 Å². The first kappa shape index (κ1) is 21.2. The molecule has 1 aliphatic rings. The molecule has 0 bridgehead atoms. The van der Waals surface area contributed by atoms with Crippen molar-refractivity contribution < 1.29 is 72.2 Å². The van der Waals surface area contributed by atoms with Crippen molar-refractivity contribution in [3.63, 3.8) is 0 Å². The van der Waals surface area contributed by atoms with Gasteiger partial charge in [-0.15, -0.1) is 0 Å². The van der Waals surface area contributed by atoms with Crippen LogP contribution in [0.15, 0.2) is 0 Å². The number of carboxylic acids is 1. The molecule has 1 rings (SSSR count). The summed E-state index contributed by atoms with van der Waals surface area (Å²) in [5.74, 6) is -0.725. The van der Waals surface area contributed by atoms with E-state index in [4.69, 9.17) is 44.6 Å². The second kappa shape index (κ2) is 10.1. The molecule has 0 unspecified atom stereocenters. The van der Waals surface area contributed by atoms with Gasteiger partial charge in [0.1, 0.15) is 6.61 Å². The van der Waals surface area contributed by atoms with Crippen molar-refractivity contribution in [2.24, 2.45) is 11.8 Å². The molecule has 2 N–H and O–H groups in total. The van der Waals surface area contributed by atoms with Gasteiger partial charge in [0.25, 0.3) is 0 Å². The maximum absolute atomic E-state index is 11.3. The Morgan fingerprint density at radius 2 is 1.80 bits per heavy atom. The Balaban J connectivity index is 0. The van der Waals surface area contributed by atoms with Crippen molar-refractivity contribution in [1.29, 1.82) is 0 Å². The SMILES string of the molecule is O=C(NCC1CCC(C(=O)O)CC1)OCC(Cl)(Cl)Cl.[H-].[K+]. The number of hydrogen-bond donors (Lipinski definition) is 2. The third-order valence-electron chi connectivity index (χ3n) is 3.10. The number of aliphatic carboxylic acids is 1. The Labute approximate surface area is 176 Å². The van der Waals surface area contributed by atoms with Crippen LogP contribution < -0.4 is 56.7 Å². The van der Waals surface area contributed by atoms with Crippen LogP contribution in [0, 0.1) is 11.8 Å². The van der Waals surface area contributed by atoms with Gasteiger partial charge in [0.05, 0.1) is 5.92 Å². The molecular weight excluding hydrogens is 356 g/mol. The molecule has 0 aromatic heterocycles. The van der Waals surface area contributed by atoms with Gasteiger partial charge in [0, 0.05) is 6.54 Å². The minimum absolute atomic E-state index is 0. The number of carboxylic acid groups (broad SMARTS) is 1. The van der Waals surface area contributed by atoms with Gasteiger partial charge < -0.3 is 16.6 Å². The summed E-state index contributed by atoms with van der Waals surface area (Å²) in [5.41, 5.74) is 0. The van der Waals surface area contributed by atoms with Gasteiger partial charge in [-0.1, -0.05) is 34.8 Å². The van der Waals surface area contributed by atoms with Crippen LogP contribution in [0.25, 0.3) is 0 Å². The second-order valence-electron chi connectivity index (χ2n) is 4.63. The van der Waals surface area contributed by atoms with E-state index in [9.17, 15) is 9.59 Å². The molecular formula is C11H17Cl3KNO4. The summed E-state index contributed by atoms with van der Waals surface area (Å²) in [4.78, 5) is 22.1. The summed E-state index contributed by atoms with van der Waals surface area (Å²) in [6.07, 6.45) is 2.21. The Kier molecular flexibility index (Phi) is 10.7. The molecule has 9 heteroatoms. The topological polar surface area (TPSA) is 75.6 Å². The first-order valence-electron chi connectivity index (χ1n) is 5.98. The Morgan fingerprint density at radius 1 is 1.25 bits per heavy atom. The van der Waals surface area contributed by atoms with Gasteiger partial charge in [0.15, 0.2) is 0 Å². The van der Waals surface area contributed by atoms with E-state index in [0.717, 1.165) is 12.8 Å². The number of alkyl halides is 3. The van der Waals surface area contributed by atoms with E-state index in [1.165, 1.54) is 0 Å². The smallest absolute Gasteiger partial charge is 1.00 e. The van der Waals surface area contributed by atoms with Crippen LogP contribution in [-0.2, 0) is 9.53 Å². The van der Waals surface area contributed by atoms with Gasteiger partial charge in [0.2, 0.25) is 3.79 Å². The molecule has 112 valence electrons. The van der Waals surface area contributed by atoms with E-state index in [-0.39, 0.29) is 71.3 Å². The fourth-order valence-electron chi connectivity index (χ4n) is 2.04. The standard InChI is InChI=1S/C11H16Cl3NO4.K.H/c12-11(13,14)6-19-10(18)15-5-7-1-3-8(4-2-7)9(16)17;;/h7-8H,1-6H2,(H,15,18)(H,16,17);;/q;+1;-1. The van der Waals surface area contributed by atoms with Crippen molar-refractivity contribution in [2.45, 2.75) is 29.5 Å². The van der Waals surface area contributed by atoms with Crippen molar-refractivity contribution in [3.05, 3.63) is 0 Å². The first-order valence-corrected chi connectivity index (χ1v) is 7.11. The summed E-state index contributed by atoms with van der Waals surface area (Å²) < 4.78 is 3.10. The molecule has 0 radical (unpaired) electrons. The van der Waals surface area contributed by atoms with Gasteiger partial charge in [-0.25, -0.2) is 4.79 Å². The molecule has 1 fully saturated rings. The maximum Gasteiger partial charge on any atom is 1.00 e. The summed E-state index contributed by atoms with van der Waals surface area (Å²) in [6, 6.07) is 0. The molecule has 0 spiro atoms. The molecule has 1 amide bonds.